The third-order valence-corrected chi connectivity index (χ3v) is 13.1. The van der Waals surface area contributed by atoms with E-state index in [-0.39, 0.29) is 5.41 Å². The molecule has 1 heterocycles. The zero-order valence-electron chi connectivity index (χ0n) is 34.4. The Morgan fingerprint density at radius 2 is 0.839 bits per heavy atom. The molecule has 1 saturated carbocycles. The van der Waals surface area contributed by atoms with Gasteiger partial charge < -0.3 is 0 Å². The van der Waals surface area contributed by atoms with E-state index in [9.17, 15) is 5.26 Å². The van der Waals surface area contributed by atoms with Gasteiger partial charge in [0.2, 0.25) is 0 Å². The van der Waals surface area contributed by atoms with Gasteiger partial charge in [0.15, 0.2) is 5.82 Å². The van der Waals surface area contributed by atoms with Gasteiger partial charge >= 0.3 is 0 Å². The van der Waals surface area contributed by atoms with E-state index in [2.05, 4.69) is 176 Å². The Bertz CT molecular complexity index is 3150. The largest absolute Gasteiger partial charge is 0.228 e. The molecule has 0 unspecified atom stereocenters. The van der Waals surface area contributed by atoms with Crippen LogP contribution in [0.3, 0.4) is 0 Å². The van der Waals surface area contributed by atoms with Crippen LogP contribution in [0.5, 0.6) is 0 Å². The Labute approximate surface area is 363 Å². The highest BCUT2D eigenvalue weighted by Crippen LogP contribution is 2.56. The highest BCUT2D eigenvalue weighted by atomic mass is 14.9. The number of aromatic nitrogens is 2. The van der Waals surface area contributed by atoms with E-state index in [1.807, 2.05) is 30.3 Å². The van der Waals surface area contributed by atoms with Crippen molar-refractivity contribution in [1.29, 1.82) is 5.26 Å². The first-order chi connectivity index (χ1) is 30.6. The first-order valence-corrected chi connectivity index (χ1v) is 21.7. The number of rotatable bonds is 7. The predicted molar refractivity (Wildman–Crippen MR) is 254 cm³/mol. The Hall–Kier alpha value is -7.67. The third-order valence-electron chi connectivity index (χ3n) is 13.1. The van der Waals surface area contributed by atoms with Gasteiger partial charge in [-0.3, -0.25) is 0 Å². The first kappa shape index (κ1) is 37.3. The summed E-state index contributed by atoms with van der Waals surface area (Å²) in [5, 5.41) is 9.74. The fourth-order valence-corrected chi connectivity index (χ4v) is 9.99. The van der Waals surface area contributed by atoms with Crippen LogP contribution < -0.4 is 0 Å². The molecule has 3 heteroatoms. The molecule has 2 aliphatic rings. The predicted octanol–water partition coefficient (Wildman–Crippen LogP) is 15.2. The maximum Gasteiger partial charge on any atom is 0.160 e. The van der Waals surface area contributed by atoms with Crippen LogP contribution in [0.25, 0.3) is 89.5 Å². The average Bonchev–Trinajstić information content (AvgIpc) is 3.61. The zero-order chi connectivity index (χ0) is 41.5. The van der Waals surface area contributed by atoms with E-state index in [0.717, 1.165) is 57.6 Å². The minimum atomic E-state index is 0.0258. The van der Waals surface area contributed by atoms with Crippen molar-refractivity contribution in [3.8, 4) is 95.6 Å². The summed E-state index contributed by atoms with van der Waals surface area (Å²) >= 11 is 0. The Balaban J connectivity index is 0.923. The smallest absolute Gasteiger partial charge is 0.160 e. The minimum Gasteiger partial charge on any atom is -0.228 e. The van der Waals surface area contributed by atoms with Crippen LogP contribution in [-0.2, 0) is 5.41 Å². The summed E-state index contributed by atoms with van der Waals surface area (Å²) in [6.45, 7) is 0. The third kappa shape index (κ3) is 6.81. The van der Waals surface area contributed by atoms with Gasteiger partial charge in [0.1, 0.15) is 0 Å². The van der Waals surface area contributed by atoms with Crippen LogP contribution in [0, 0.1) is 11.3 Å². The van der Waals surface area contributed by atoms with Crippen molar-refractivity contribution in [3.05, 3.63) is 217 Å². The normalized spacial score (nSPS) is 13.6. The molecule has 11 rings (SSSR count). The molecule has 9 aromatic rings. The number of nitrogens with zero attached hydrogens (tertiary/aromatic N) is 3. The van der Waals surface area contributed by atoms with Crippen molar-refractivity contribution >= 4 is 0 Å². The van der Waals surface area contributed by atoms with E-state index in [1.54, 1.807) is 0 Å². The van der Waals surface area contributed by atoms with Crippen molar-refractivity contribution in [2.75, 3.05) is 0 Å². The standard InChI is InChI=1S/C59H43N3/c60-39-40-23-30-54-53(33-40)52-29-28-50(37-55(52)59(54)31-8-3-9-32-59)48-20-11-18-46(35-48)45-17-10-19-47(34-45)49-21-12-22-51(36-49)57-38-56(61-58(62-57)44-15-6-2-7-16-44)43-26-24-42(25-27-43)41-13-4-1-5-14-41/h1-2,4-7,10-30,33-38H,3,8-9,31-32H2. The molecule has 62 heavy (non-hydrogen) atoms. The summed E-state index contributed by atoms with van der Waals surface area (Å²) in [5.74, 6) is 0.701. The summed E-state index contributed by atoms with van der Waals surface area (Å²) in [7, 11) is 0. The number of hydrogen-bond donors (Lipinski definition) is 0. The van der Waals surface area contributed by atoms with Crippen LogP contribution in [0.1, 0.15) is 48.8 Å². The van der Waals surface area contributed by atoms with Gasteiger partial charge in [-0.05, 0) is 122 Å². The lowest BCUT2D eigenvalue weighted by Gasteiger charge is -2.36. The topological polar surface area (TPSA) is 49.6 Å². The minimum absolute atomic E-state index is 0.0258. The van der Waals surface area contributed by atoms with Crippen molar-refractivity contribution in [2.24, 2.45) is 0 Å². The molecule has 2 aliphatic carbocycles. The quantitative estimate of drug-likeness (QED) is 0.161. The fourth-order valence-electron chi connectivity index (χ4n) is 9.99. The van der Waals surface area contributed by atoms with Gasteiger partial charge in [-0.2, -0.15) is 5.26 Å². The Morgan fingerprint density at radius 1 is 0.355 bits per heavy atom. The molecule has 8 aromatic carbocycles. The van der Waals surface area contributed by atoms with Crippen LogP contribution in [0.2, 0.25) is 0 Å². The molecule has 3 nitrogen and oxygen atoms in total. The SMILES string of the molecule is N#Cc1ccc2c(c1)-c1ccc(-c3cccc(-c4cccc(-c5cccc(-c6cc(-c7ccc(-c8ccccc8)cc7)nc(-c7ccccc7)n6)c5)c4)c3)cc1C21CCCCC1. The summed E-state index contributed by atoms with van der Waals surface area (Å²) in [6, 6.07) is 73.8. The van der Waals surface area contributed by atoms with Gasteiger partial charge in [-0.25, -0.2) is 9.97 Å². The Kier molecular flexibility index (Phi) is 9.48. The van der Waals surface area contributed by atoms with E-state index in [1.165, 1.54) is 74.9 Å². The second kappa shape index (κ2) is 15.7. The lowest BCUT2D eigenvalue weighted by atomic mass is 9.67. The molecule has 0 amide bonds. The van der Waals surface area contributed by atoms with E-state index in [0.29, 0.717) is 5.82 Å². The van der Waals surface area contributed by atoms with Crippen LogP contribution in [0.4, 0.5) is 0 Å². The molecule has 1 fully saturated rings. The van der Waals surface area contributed by atoms with Crippen molar-refractivity contribution in [3.63, 3.8) is 0 Å². The molecule has 0 N–H and O–H groups in total. The molecule has 1 aromatic heterocycles. The molecule has 0 atom stereocenters. The number of benzene rings is 8. The Morgan fingerprint density at radius 3 is 1.45 bits per heavy atom. The van der Waals surface area contributed by atoms with Crippen LogP contribution in [-0.4, -0.2) is 9.97 Å². The number of fused-ring (bicyclic) bond motifs is 5. The van der Waals surface area contributed by atoms with Gasteiger partial charge in [-0.15, -0.1) is 0 Å². The average molecular weight is 794 g/mol. The van der Waals surface area contributed by atoms with E-state index < -0.39 is 0 Å². The highest BCUT2D eigenvalue weighted by Gasteiger charge is 2.44. The highest BCUT2D eigenvalue weighted by molar-refractivity contribution is 5.86. The van der Waals surface area contributed by atoms with Gasteiger partial charge in [0.05, 0.1) is 23.0 Å². The van der Waals surface area contributed by atoms with Crippen LogP contribution >= 0.6 is 0 Å². The molecule has 0 aliphatic heterocycles. The second-order valence-corrected chi connectivity index (χ2v) is 16.8. The van der Waals surface area contributed by atoms with Crippen molar-refractivity contribution < 1.29 is 0 Å². The summed E-state index contributed by atoms with van der Waals surface area (Å²) in [6.07, 6.45) is 6.07. The molecule has 0 radical (unpaired) electrons. The van der Waals surface area contributed by atoms with Crippen molar-refractivity contribution in [2.45, 2.75) is 37.5 Å². The summed E-state index contributed by atoms with van der Waals surface area (Å²) in [4.78, 5) is 10.2. The zero-order valence-corrected chi connectivity index (χ0v) is 34.4. The van der Waals surface area contributed by atoms with Gasteiger partial charge in [0.25, 0.3) is 0 Å². The first-order valence-electron chi connectivity index (χ1n) is 21.7. The summed E-state index contributed by atoms with van der Waals surface area (Å²) in [5.41, 5.74) is 20.4. The maximum absolute atomic E-state index is 9.74. The number of hydrogen-bond acceptors (Lipinski definition) is 3. The van der Waals surface area contributed by atoms with E-state index >= 15 is 0 Å². The lowest BCUT2D eigenvalue weighted by molar-refractivity contribution is 0.353. The molecule has 0 bridgehead atoms. The number of nitriles is 1. The van der Waals surface area contributed by atoms with Crippen molar-refractivity contribution in [1.82, 2.24) is 9.97 Å². The lowest BCUT2D eigenvalue weighted by Crippen LogP contribution is -2.28. The molecular formula is C59H43N3. The maximum atomic E-state index is 9.74. The van der Waals surface area contributed by atoms with Gasteiger partial charge in [0, 0.05) is 22.1 Å². The van der Waals surface area contributed by atoms with Crippen LogP contribution in [0.15, 0.2) is 200 Å². The van der Waals surface area contributed by atoms with E-state index in [4.69, 9.17) is 9.97 Å². The fraction of sp³-hybridized carbons (Fsp3) is 0.102. The monoisotopic (exact) mass is 793 g/mol. The van der Waals surface area contributed by atoms with Gasteiger partial charge in [-0.1, -0.05) is 177 Å². The molecule has 1 spiro atoms. The second-order valence-electron chi connectivity index (χ2n) is 16.8. The molecular weight excluding hydrogens is 751 g/mol. The molecule has 294 valence electrons. The molecule has 0 saturated heterocycles. The summed E-state index contributed by atoms with van der Waals surface area (Å²) < 4.78 is 0.